The standard InChI is InChI=1S/C10H14N2O/c1-7-3-4-8(10(11)5-6-10)12-9(7)13-2/h3-4H,5-6,11H2,1-2H3. The molecule has 2 rings (SSSR count). The van der Waals surface area contributed by atoms with Crippen LogP contribution in [-0.2, 0) is 5.54 Å². The summed E-state index contributed by atoms with van der Waals surface area (Å²) in [5, 5.41) is 0. The van der Waals surface area contributed by atoms with E-state index < -0.39 is 0 Å². The zero-order valence-corrected chi connectivity index (χ0v) is 8.00. The second-order valence-electron chi connectivity index (χ2n) is 3.68. The van der Waals surface area contributed by atoms with Crippen LogP contribution in [0.3, 0.4) is 0 Å². The van der Waals surface area contributed by atoms with Crippen molar-refractivity contribution in [2.75, 3.05) is 7.11 Å². The van der Waals surface area contributed by atoms with Crippen molar-refractivity contribution in [3.05, 3.63) is 23.4 Å². The molecule has 1 fully saturated rings. The molecule has 0 atom stereocenters. The minimum Gasteiger partial charge on any atom is -0.481 e. The summed E-state index contributed by atoms with van der Waals surface area (Å²) >= 11 is 0. The lowest BCUT2D eigenvalue weighted by atomic mass is 10.1. The van der Waals surface area contributed by atoms with E-state index in [1.807, 2.05) is 19.1 Å². The monoisotopic (exact) mass is 178 g/mol. The second kappa shape index (κ2) is 2.70. The Hall–Kier alpha value is -1.09. The second-order valence-corrected chi connectivity index (χ2v) is 3.68. The van der Waals surface area contributed by atoms with Crippen molar-refractivity contribution in [3.63, 3.8) is 0 Å². The molecule has 0 unspecified atom stereocenters. The first-order valence-electron chi connectivity index (χ1n) is 4.47. The molecule has 3 nitrogen and oxygen atoms in total. The van der Waals surface area contributed by atoms with Crippen LogP contribution < -0.4 is 10.5 Å². The first-order chi connectivity index (χ1) is 6.15. The van der Waals surface area contributed by atoms with Crippen LogP contribution in [0, 0.1) is 6.92 Å². The van der Waals surface area contributed by atoms with Crippen LogP contribution in [-0.4, -0.2) is 12.1 Å². The molecule has 0 radical (unpaired) electrons. The van der Waals surface area contributed by atoms with E-state index in [1.54, 1.807) is 7.11 Å². The van der Waals surface area contributed by atoms with Crippen LogP contribution in [0.1, 0.15) is 24.1 Å². The Labute approximate surface area is 77.9 Å². The molecule has 1 aromatic rings. The fourth-order valence-corrected chi connectivity index (χ4v) is 1.38. The van der Waals surface area contributed by atoms with Gasteiger partial charge in [0, 0.05) is 5.56 Å². The maximum Gasteiger partial charge on any atom is 0.216 e. The number of hydrogen-bond acceptors (Lipinski definition) is 3. The molecule has 0 aliphatic heterocycles. The van der Waals surface area contributed by atoms with Crippen molar-refractivity contribution in [2.24, 2.45) is 5.73 Å². The van der Waals surface area contributed by atoms with Gasteiger partial charge in [-0.1, -0.05) is 6.07 Å². The molecule has 0 amide bonds. The van der Waals surface area contributed by atoms with Crippen LogP contribution in [0.15, 0.2) is 12.1 Å². The van der Waals surface area contributed by atoms with E-state index in [0.717, 1.165) is 24.1 Å². The molecule has 0 aromatic carbocycles. The maximum absolute atomic E-state index is 6.02. The van der Waals surface area contributed by atoms with Crippen molar-refractivity contribution in [1.29, 1.82) is 0 Å². The van der Waals surface area contributed by atoms with Crippen LogP contribution in [0.4, 0.5) is 0 Å². The summed E-state index contributed by atoms with van der Waals surface area (Å²) in [5.41, 5.74) is 7.86. The van der Waals surface area contributed by atoms with Crippen LogP contribution in [0.2, 0.25) is 0 Å². The predicted molar refractivity (Wildman–Crippen MR) is 50.6 cm³/mol. The number of aryl methyl sites for hydroxylation is 1. The normalized spacial score (nSPS) is 18.4. The number of nitrogens with zero attached hydrogens (tertiary/aromatic N) is 1. The van der Waals surface area contributed by atoms with Gasteiger partial charge in [0.05, 0.1) is 18.3 Å². The maximum atomic E-state index is 6.02. The Bertz CT molecular complexity index is 332. The zero-order chi connectivity index (χ0) is 9.47. The predicted octanol–water partition coefficient (Wildman–Crippen LogP) is 1.35. The van der Waals surface area contributed by atoms with Gasteiger partial charge in [-0.05, 0) is 25.8 Å². The number of methoxy groups -OCH3 is 1. The zero-order valence-electron chi connectivity index (χ0n) is 8.00. The molecule has 2 N–H and O–H groups in total. The fourth-order valence-electron chi connectivity index (χ4n) is 1.38. The Morgan fingerprint density at radius 3 is 2.69 bits per heavy atom. The largest absolute Gasteiger partial charge is 0.481 e. The molecule has 3 heteroatoms. The topological polar surface area (TPSA) is 48.1 Å². The van der Waals surface area contributed by atoms with E-state index in [4.69, 9.17) is 10.5 Å². The van der Waals surface area contributed by atoms with Crippen molar-refractivity contribution >= 4 is 0 Å². The van der Waals surface area contributed by atoms with E-state index in [-0.39, 0.29) is 5.54 Å². The third-order valence-corrected chi connectivity index (χ3v) is 2.54. The van der Waals surface area contributed by atoms with E-state index in [9.17, 15) is 0 Å². The minimum absolute atomic E-state index is 0.166. The summed E-state index contributed by atoms with van der Waals surface area (Å²) in [6.45, 7) is 1.98. The highest BCUT2D eigenvalue weighted by Gasteiger charge is 2.41. The molecule has 0 bridgehead atoms. The molecule has 1 saturated carbocycles. The molecule has 0 spiro atoms. The third-order valence-electron chi connectivity index (χ3n) is 2.54. The van der Waals surface area contributed by atoms with E-state index in [0.29, 0.717) is 5.88 Å². The minimum atomic E-state index is -0.166. The van der Waals surface area contributed by atoms with Gasteiger partial charge in [-0.15, -0.1) is 0 Å². The summed E-state index contributed by atoms with van der Waals surface area (Å²) in [4.78, 5) is 4.38. The summed E-state index contributed by atoms with van der Waals surface area (Å²) in [6, 6.07) is 4.00. The Kier molecular flexibility index (Phi) is 1.77. The molecular weight excluding hydrogens is 164 g/mol. The number of hydrogen-bond donors (Lipinski definition) is 1. The van der Waals surface area contributed by atoms with Gasteiger partial charge in [0.15, 0.2) is 0 Å². The number of pyridine rings is 1. The lowest BCUT2D eigenvalue weighted by Gasteiger charge is -2.10. The van der Waals surface area contributed by atoms with Gasteiger partial charge in [0.2, 0.25) is 5.88 Å². The fraction of sp³-hybridized carbons (Fsp3) is 0.500. The van der Waals surface area contributed by atoms with Gasteiger partial charge in [0.25, 0.3) is 0 Å². The highest BCUT2D eigenvalue weighted by atomic mass is 16.5. The quantitative estimate of drug-likeness (QED) is 0.743. The molecular formula is C10H14N2O. The molecule has 0 saturated heterocycles. The molecule has 1 aromatic heterocycles. The van der Waals surface area contributed by atoms with Gasteiger partial charge >= 0.3 is 0 Å². The van der Waals surface area contributed by atoms with Gasteiger partial charge in [-0.3, -0.25) is 0 Å². The van der Waals surface area contributed by atoms with Gasteiger partial charge in [-0.25, -0.2) is 4.98 Å². The van der Waals surface area contributed by atoms with Crippen molar-refractivity contribution < 1.29 is 4.74 Å². The van der Waals surface area contributed by atoms with Gasteiger partial charge in [0.1, 0.15) is 0 Å². The lowest BCUT2D eigenvalue weighted by Crippen LogP contribution is -2.20. The van der Waals surface area contributed by atoms with Crippen molar-refractivity contribution in [3.8, 4) is 5.88 Å². The highest BCUT2D eigenvalue weighted by Crippen LogP contribution is 2.42. The molecule has 13 heavy (non-hydrogen) atoms. The number of nitrogens with two attached hydrogens (primary N) is 1. The average Bonchev–Trinajstić information content (AvgIpc) is 2.86. The summed E-state index contributed by atoms with van der Waals surface area (Å²) in [6.07, 6.45) is 2.07. The Morgan fingerprint density at radius 1 is 1.46 bits per heavy atom. The van der Waals surface area contributed by atoms with E-state index in [1.165, 1.54) is 0 Å². The number of rotatable bonds is 2. The molecule has 70 valence electrons. The van der Waals surface area contributed by atoms with Gasteiger partial charge in [-0.2, -0.15) is 0 Å². The first kappa shape index (κ1) is 8.51. The lowest BCUT2D eigenvalue weighted by molar-refractivity contribution is 0.391. The van der Waals surface area contributed by atoms with Crippen LogP contribution in [0.5, 0.6) is 5.88 Å². The molecule has 1 aliphatic carbocycles. The smallest absolute Gasteiger partial charge is 0.216 e. The summed E-state index contributed by atoms with van der Waals surface area (Å²) in [7, 11) is 1.63. The first-order valence-corrected chi connectivity index (χ1v) is 4.47. The average molecular weight is 178 g/mol. The molecule has 1 aliphatic rings. The van der Waals surface area contributed by atoms with Crippen LogP contribution >= 0.6 is 0 Å². The number of aromatic nitrogens is 1. The van der Waals surface area contributed by atoms with E-state index >= 15 is 0 Å². The molecule has 1 heterocycles. The third kappa shape index (κ3) is 1.40. The SMILES string of the molecule is COc1nc(C2(N)CC2)ccc1C. The Morgan fingerprint density at radius 2 is 2.15 bits per heavy atom. The highest BCUT2D eigenvalue weighted by molar-refractivity contribution is 5.32. The number of ether oxygens (including phenoxy) is 1. The summed E-state index contributed by atoms with van der Waals surface area (Å²) < 4.78 is 5.14. The van der Waals surface area contributed by atoms with E-state index in [2.05, 4.69) is 4.98 Å². The van der Waals surface area contributed by atoms with Crippen molar-refractivity contribution in [1.82, 2.24) is 4.98 Å². The van der Waals surface area contributed by atoms with Crippen molar-refractivity contribution in [2.45, 2.75) is 25.3 Å². The van der Waals surface area contributed by atoms with Crippen LogP contribution in [0.25, 0.3) is 0 Å². The summed E-state index contributed by atoms with van der Waals surface area (Å²) in [5.74, 6) is 0.689. The Balaban J connectivity index is 2.39. The van der Waals surface area contributed by atoms with Gasteiger partial charge < -0.3 is 10.5 Å².